The van der Waals surface area contributed by atoms with Crippen LogP contribution in [0.4, 0.5) is 4.39 Å². The van der Waals surface area contributed by atoms with Crippen LogP contribution in [0.15, 0.2) is 52.9 Å². The van der Waals surface area contributed by atoms with E-state index in [-0.39, 0.29) is 17.8 Å². The number of carbonyl (C=O) groups excluding carboxylic acids is 1. The van der Waals surface area contributed by atoms with Crippen molar-refractivity contribution < 1.29 is 18.3 Å². The summed E-state index contributed by atoms with van der Waals surface area (Å²) in [6.45, 7) is 3.51. The molecule has 4 nitrogen and oxygen atoms in total. The van der Waals surface area contributed by atoms with Crippen molar-refractivity contribution in [3.8, 4) is 0 Å². The van der Waals surface area contributed by atoms with Crippen LogP contribution in [0.3, 0.4) is 0 Å². The van der Waals surface area contributed by atoms with Gasteiger partial charge in [-0.1, -0.05) is 30.3 Å². The van der Waals surface area contributed by atoms with Gasteiger partial charge in [0.25, 0.3) is 5.91 Å². The fraction of sp³-hybridized carbons (Fsp3) is 0.318. The van der Waals surface area contributed by atoms with Crippen molar-refractivity contribution in [3.63, 3.8) is 0 Å². The van der Waals surface area contributed by atoms with Crippen molar-refractivity contribution in [1.82, 2.24) is 4.90 Å². The second kappa shape index (κ2) is 7.53. The van der Waals surface area contributed by atoms with Crippen molar-refractivity contribution in [2.45, 2.75) is 32.4 Å². The number of hydrogen-bond acceptors (Lipinski definition) is 3. The number of para-hydroxylation sites is 1. The first-order valence-corrected chi connectivity index (χ1v) is 9.25. The Morgan fingerprint density at radius 1 is 1.19 bits per heavy atom. The lowest BCUT2D eigenvalue weighted by Crippen LogP contribution is -2.37. The van der Waals surface area contributed by atoms with Gasteiger partial charge in [-0.05, 0) is 43.5 Å². The molecule has 1 atom stereocenters. The number of rotatable bonds is 5. The highest BCUT2D eigenvalue weighted by atomic mass is 19.1. The Kier molecular flexibility index (Phi) is 4.94. The van der Waals surface area contributed by atoms with E-state index < -0.39 is 0 Å². The van der Waals surface area contributed by atoms with Crippen LogP contribution in [0.5, 0.6) is 0 Å². The number of carbonyl (C=O) groups is 1. The number of furan rings is 1. The lowest BCUT2D eigenvalue weighted by molar-refractivity contribution is 0.0485. The molecule has 0 spiro atoms. The van der Waals surface area contributed by atoms with Gasteiger partial charge >= 0.3 is 0 Å². The van der Waals surface area contributed by atoms with Gasteiger partial charge in [0.1, 0.15) is 11.4 Å². The molecule has 2 aromatic carbocycles. The molecule has 1 fully saturated rings. The molecule has 1 unspecified atom stereocenters. The molecule has 140 valence electrons. The number of halogens is 1. The van der Waals surface area contributed by atoms with Crippen LogP contribution in [0.25, 0.3) is 11.0 Å². The van der Waals surface area contributed by atoms with Gasteiger partial charge in [-0.15, -0.1) is 0 Å². The van der Waals surface area contributed by atoms with E-state index in [0.29, 0.717) is 24.4 Å². The Bertz CT molecular complexity index is 942. The number of amides is 1. The largest absolute Gasteiger partial charge is 0.451 e. The number of ether oxygens (including phenoxy) is 1. The molecule has 2 heterocycles. The maximum Gasteiger partial charge on any atom is 0.290 e. The van der Waals surface area contributed by atoms with Gasteiger partial charge in [-0.3, -0.25) is 4.79 Å². The fourth-order valence-electron chi connectivity index (χ4n) is 3.59. The molecule has 0 aliphatic carbocycles. The zero-order valence-electron chi connectivity index (χ0n) is 15.3. The van der Waals surface area contributed by atoms with Gasteiger partial charge in [0.15, 0.2) is 5.76 Å². The minimum atomic E-state index is -0.288. The quantitative estimate of drug-likeness (QED) is 0.656. The molecule has 1 aliphatic heterocycles. The Morgan fingerprint density at radius 2 is 1.96 bits per heavy atom. The van der Waals surface area contributed by atoms with Gasteiger partial charge in [0.2, 0.25) is 0 Å². The van der Waals surface area contributed by atoms with Crippen molar-refractivity contribution in [2.24, 2.45) is 0 Å². The topological polar surface area (TPSA) is 42.7 Å². The minimum Gasteiger partial charge on any atom is -0.451 e. The number of fused-ring (bicyclic) bond motifs is 1. The van der Waals surface area contributed by atoms with Crippen molar-refractivity contribution in [2.75, 3.05) is 13.2 Å². The summed E-state index contributed by atoms with van der Waals surface area (Å²) in [5.41, 5.74) is 2.42. The van der Waals surface area contributed by atoms with E-state index in [2.05, 4.69) is 0 Å². The Hall–Kier alpha value is -2.66. The van der Waals surface area contributed by atoms with Crippen LogP contribution < -0.4 is 0 Å². The smallest absolute Gasteiger partial charge is 0.290 e. The Balaban J connectivity index is 1.64. The molecular formula is C22H22FNO3. The molecule has 0 N–H and O–H groups in total. The summed E-state index contributed by atoms with van der Waals surface area (Å²) in [6.07, 6.45) is 1.97. The molecule has 4 rings (SSSR count). The monoisotopic (exact) mass is 367 g/mol. The molecule has 5 heteroatoms. The second-order valence-corrected chi connectivity index (χ2v) is 7.00. The van der Waals surface area contributed by atoms with E-state index in [0.717, 1.165) is 36.0 Å². The van der Waals surface area contributed by atoms with Crippen LogP contribution in [-0.2, 0) is 11.3 Å². The SMILES string of the molecule is Cc1c(C(=O)N(Cc2ccc(F)cc2)CC2CCCO2)oc2ccccc12. The summed E-state index contributed by atoms with van der Waals surface area (Å²) in [4.78, 5) is 15.0. The standard InChI is InChI=1S/C22H22FNO3/c1-15-19-6-2-3-7-20(19)27-21(15)22(25)24(14-18-5-4-12-26-18)13-16-8-10-17(23)11-9-16/h2-3,6-11,18H,4-5,12-14H2,1H3. The molecule has 0 radical (unpaired) electrons. The average molecular weight is 367 g/mol. The molecular weight excluding hydrogens is 345 g/mol. The van der Waals surface area contributed by atoms with Gasteiger partial charge in [0.05, 0.1) is 6.10 Å². The minimum absolute atomic E-state index is 0.0269. The second-order valence-electron chi connectivity index (χ2n) is 7.00. The molecule has 27 heavy (non-hydrogen) atoms. The lowest BCUT2D eigenvalue weighted by atomic mass is 10.1. The van der Waals surface area contributed by atoms with Crippen LogP contribution in [-0.4, -0.2) is 30.1 Å². The van der Waals surface area contributed by atoms with Crippen LogP contribution in [0.1, 0.15) is 34.5 Å². The number of hydrogen-bond donors (Lipinski definition) is 0. The molecule has 3 aromatic rings. The Morgan fingerprint density at radius 3 is 2.67 bits per heavy atom. The highest BCUT2D eigenvalue weighted by Crippen LogP contribution is 2.27. The maximum atomic E-state index is 13.3. The average Bonchev–Trinajstić information content (AvgIpc) is 3.31. The van der Waals surface area contributed by atoms with Crippen molar-refractivity contribution in [1.29, 1.82) is 0 Å². The summed E-state index contributed by atoms with van der Waals surface area (Å²) < 4.78 is 24.8. The predicted octanol–water partition coefficient (Wildman–Crippen LogP) is 4.70. The maximum absolute atomic E-state index is 13.3. The first-order valence-electron chi connectivity index (χ1n) is 9.25. The van der Waals surface area contributed by atoms with Gasteiger partial charge in [-0.2, -0.15) is 0 Å². The van der Waals surface area contributed by atoms with E-state index in [1.807, 2.05) is 31.2 Å². The fourth-order valence-corrected chi connectivity index (χ4v) is 3.59. The number of benzene rings is 2. The summed E-state index contributed by atoms with van der Waals surface area (Å²) in [6, 6.07) is 13.9. The van der Waals surface area contributed by atoms with Crippen molar-refractivity contribution in [3.05, 3.63) is 71.2 Å². The summed E-state index contributed by atoms with van der Waals surface area (Å²) in [5, 5.41) is 0.944. The van der Waals surface area contributed by atoms with E-state index in [9.17, 15) is 9.18 Å². The van der Waals surface area contributed by atoms with E-state index in [4.69, 9.17) is 9.15 Å². The van der Waals surface area contributed by atoms with Gasteiger partial charge in [-0.25, -0.2) is 4.39 Å². The molecule has 0 saturated carbocycles. The van der Waals surface area contributed by atoms with Crippen molar-refractivity contribution >= 4 is 16.9 Å². The third kappa shape index (κ3) is 3.74. The normalized spacial score (nSPS) is 16.7. The van der Waals surface area contributed by atoms with E-state index in [1.54, 1.807) is 17.0 Å². The zero-order chi connectivity index (χ0) is 18.8. The van der Waals surface area contributed by atoms with Gasteiger partial charge < -0.3 is 14.1 Å². The third-order valence-corrected chi connectivity index (χ3v) is 5.06. The van der Waals surface area contributed by atoms with E-state index in [1.165, 1.54) is 12.1 Å². The number of aryl methyl sites for hydroxylation is 1. The summed E-state index contributed by atoms with van der Waals surface area (Å²) in [7, 11) is 0. The predicted molar refractivity (Wildman–Crippen MR) is 101 cm³/mol. The number of nitrogens with zero attached hydrogens (tertiary/aromatic N) is 1. The Labute approximate surface area is 157 Å². The highest BCUT2D eigenvalue weighted by molar-refractivity contribution is 5.98. The van der Waals surface area contributed by atoms with E-state index >= 15 is 0 Å². The van der Waals surface area contributed by atoms with Crippen LogP contribution in [0.2, 0.25) is 0 Å². The molecule has 1 saturated heterocycles. The molecule has 0 bridgehead atoms. The van der Waals surface area contributed by atoms with Crippen LogP contribution in [0, 0.1) is 12.7 Å². The molecule has 1 aliphatic rings. The van der Waals surface area contributed by atoms with Gasteiger partial charge in [0, 0.05) is 30.6 Å². The highest BCUT2D eigenvalue weighted by Gasteiger charge is 2.27. The first kappa shape index (κ1) is 17.7. The lowest BCUT2D eigenvalue weighted by Gasteiger charge is -2.25. The zero-order valence-corrected chi connectivity index (χ0v) is 15.3. The first-order chi connectivity index (χ1) is 13.1. The molecule has 1 amide bonds. The third-order valence-electron chi connectivity index (χ3n) is 5.06. The summed E-state index contributed by atoms with van der Waals surface area (Å²) in [5.74, 6) is -0.0938. The molecule has 1 aromatic heterocycles. The summed E-state index contributed by atoms with van der Waals surface area (Å²) >= 11 is 0. The van der Waals surface area contributed by atoms with Crippen LogP contribution >= 0.6 is 0 Å².